The summed E-state index contributed by atoms with van der Waals surface area (Å²) in [4.78, 5) is 0.442. The van der Waals surface area contributed by atoms with Gasteiger partial charge in [0.25, 0.3) is 0 Å². The van der Waals surface area contributed by atoms with Gasteiger partial charge in [-0.05, 0) is 42.0 Å². The van der Waals surface area contributed by atoms with Crippen LogP contribution >= 0.6 is 35.4 Å². The summed E-state index contributed by atoms with van der Waals surface area (Å²) in [5.74, 6) is -0.614. The van der Waals surface area contributed by atoms with Crippen LogP contribution in [-0.2, 0) is 9.84 Å². The van der Waals surface area contributed by atoms with Crippen LogP contribution in [0.3, 0.4) is 0 Å². The monoisotopic (exact) mass is 385 g/mol. The van der Waals surface area contributed by atoms with Gasteiger partial charge in [-0.2, -0.15) is 0 Å². The predicted molar refractivity (Wildman–Crippen MR) is 96.9 cm³/mol. The van der Waals surface area contributed by atoms with E-state index in [1.54, 1.807) is 24.3 Å². The first-order valence-electron chi connectivity index (χ1n) is 6.86. The molecule has 2 aromatic rings. The molecule has 0 bridgehead atoms. The summed E-state index contributed by atoms with van der Waals surface area (Å²) in [6.45, 7) is 0. The van der Waals surface area contributed by atoms with E-state index in [2.05, 4.69) is 0 Å². The molecular weight excluding hydrogens is 373 g/mol. The van der Waals surface area contributed by atoms with Gasteiger partial charge in [-0.25, -0.2) is 8.42 Å². The molecule has 1 aliphatic carbocycles. The van der Waals surface area contributed by atoms with E-state index < -0.39 is 15.1 Å². The lowest BCUT2D eigenvalue weighted by molar-refractivity contribution is 0.593. The van der Waals surface area contributed by atoms with Gasteiger partial charge in [0.2, 0.25) is 0 Å². The lowest BCUT2D eigenvalue weighted by atomic mass is 10.1. The van der Waals surface area contributed by atoms with Gasteiger partial charge >= 0.3 is 0 Å². The molecular formula is C16H13Cl2NO2S2. The molecule has 0 unspecified atom stereocenters. The van der Waals surface area contributed by atoms with Gasteiger partial charge in [-0.15, -0.1) is 0 Å². The number of hydrogen-bond acceptors (Lipinski definition) is 3. The second-order valence-electron chi connectivity index (χ2n) is 5.47. The average molecular weight is 386 g/mol. The SMILES string of the molecule is NC(=S)[C@H]1[C@@H](c2ccc(Cl)cc2)[C@@H]1S(=O)(=O)c1ccc(Cl)cc1. The van der Waals surface area contributed by atoms with Crippen LogP contribution in [0, 0.1) is 5.92 Å². The Morgan fingerprint density at radius 1 is 0.957 bits per heavy atom. The molecule has 120 valence electrons. The van der Waals surface area contributed by atoms with Gasteiger partial charge in [0, 0.05) is 21.9 Å². The summed E-state index contributed by atoms with van der Waals surface area (Å²) in [5.41, 5.74) is 6.63. The lowest BCUT2D eigenvalue weighted by Crippen LogP contribution is -2.17. The summed E-state index contributed by atoms with van der Waals surface area (Å²) >= 11 is 16.8. The minimum Gasteiger partial charge on any atom is -0.393 e. The largest absolute Gasteiger partial charge is 0.393 e. The fourth-order valence-electron chi connectivity index (χ4n) is 2.87. The topological polar surface area (TPSA) is 60.2 Å². The fraction of sp³-hybridized carbons (Fsp3) is 0.188. The molecule has 0 radical (unpaired) electrons. The molecule has 2 aromatic carbocycles. The van der Waals surface area contributed by atoms with Gasteiger partial charge in [0.05, 0.1) is 15.1 Å². The first-order valence-corrected chi connectivity index (χ1v) is 9.57. The maximum absolute atomic E-state index is 12.9. The lowest BCUT2D eigenvalue weighted by Gasteiger charge is -2.04. The highest BCUT2D eigenvalue weighted by atomic mass is 35.5. The van der Waals surface area contributed by atoms with Crippen LogP contribution in [0.4, 0.5) is 0 Å². The standard InChI is InChI=1S/C16H13Cl2NO2S2/c17-10-3-1-9(2-4-10)13-14(16(19)22)15(13)23(20,21)12-7-5-11(18)6-8-12/h1-8,13-15H,(H2,19,22)/t13-,14+,15+/m1/s1. The second kappa shape index (κ2) is 6.06. The maximum atomic E-state index is 12.9. The molecule has 0 aromatic heterocycles. The number of hydrogen-bond donors (Lipinski definition) is 1. The Labute approximate surface area is 150 Å². The van der Waals surface area contributed by atoms with E-state index in [1.165, 1.54) is 12.1 Å². The zero-order valence-electron chi connectivity index (χ0n) is 11.8. The maximum Gasteiger partial charge on any atom is 0.182 e. The number of benzene rings is 2. The Morgan fingerprint density at radius 3 is 1.91 bits per heavy atom. The van der Waals surface area contributed by atoms with Crippen molar-refractivity contribution in [2.45, 2.75) is 16.1 Å². The first-order chi connectivity index (χ1) is 10.8. The van der Waals surface area contributed by atoms with Gasteiger partial charge in [0.15, 0.2) is 9.84 Å². The normalized spacial score (nSPS) is 23.5. The van der Waals surface area contributed by atoms with Crippen LogP contribution in [0.5, 0.6) is 0 Å². The van der Waals surface area contributed by atoms with E-state index in [-0.39, 0.29) is 21.7 Å². The molecule has 3 rings (SSSR count). The van der Waals surface area contributed by atoms with E-state index in [1.807, 2.05) is 12.1 Å². The summed E-state index contributed by atoms with van der Waals surface area (Å²) < 4.78 is 25.8. The molecule has 1 saturated carbocycles. The van der Waals surface area contributed by atoms with Gasteiger partial charge in [-0.3, -0.25) is 0 Å². The van der Waals surface area contributed by atoms with Crippen molar-refractivity contribution in [1.29, 1.82) is 0 Å². The predicted octanol–water partition coefficient (Wildman–Crippen LogP) is 3.84. The highest BCUT2D eigenvalue weighted by Crippen LogP contribution is 2.54. The molecule has 1 fully saturated rings. The Balaban J connectivity index is 1.98. The van der Waals surface area contributed by atoms with Gasteiger partial charge < -0.3 is 5.73 Å². The number of sulfone groups is 1. The molecule has 0 saturated heterocycles. The van der Waals surface area contributed by atoms with Gasteiger partial charge in [-0.1, -0.05) is 47.6 Å². The highest BCUT2D eigenvalue weighted by molar-refractivity contribution is 7.92. The Morgan fingerprint density at radius 2 is 1.43 bits per heavy atom. The minimum atomic E-state index is -3.54. The molecule has 3 atom stereocenters. The van der Waals surface area contributed by atoms with Crippen LogP contribution < -0.4 is 5.73 Å². The molecule has 23 heavy (non-hydrogen) atoms. The van der Waals surface area contributed by atoms with E-state index in [0.29, 0.717) is 10.0 Å². The quantitative estimate of drug-likeness (QED) is 0.812. The molecule has 3 nitrogen and oxygen atoms in total. The first kappa shape index (κ1) is 16.7. The van der Waals surface area contributed by atoms with Crippen molar-refractivity contribution in [3.05, 3.63) is 64.1 Å². The van der Waals surface area contributed by atoms with Crippen LogP contribution in [0.2, 0.25) is 10.0 Å². The van der Waals surface area contributed by atoms with Crippen LogP contribution in [0.1, 0.15) is 11.5 Å². The minimum absolute atomic E-state index is 0.215. The molecule has 0 amide bonds. The number of thiocarbonyl (C=S) groups is 1. The smallest absolute Gasteiger partial charge is 0.182 e. The van der Waals surface area contributed by atoms with Crippen LogP contribution in [0.25, 0.3) is 0 Å². The number of rotatable bonds is 4. The number of nitrogens with two attached hydrogens (primary N) is 1. The van der Waals surface area contributed by atoms with Crippen molar-refractivity contribution < 1.29 is 8.42 Å². The van der Waals surface area contributed by atoms with Crippen molar-refractivity contribution in [3.63, 3.8) is 0 Å². The Kier molecular flexibility index (Phi) is 4.40. The third-order valence-electron chi connectivity index (χ3n) is 4.04. The third-order valence-corrected chi connectivity index (χ3v) is 7.05. The fourth-order valence-corrected chi connectivity index (χ4v) is 5.66. The van der Waals surface area contributed by atoms with Crippen molar-refractivity contribution in [2.24, 2.45) is 11.7 Å². The second-order valence-corrected chi connectivity index (χ2v) is 8.92. The van der Waals surface area contributed by atoms with Crippen LogP contribution in [-0.4, -0.2) is 18.7 Å². The van der Waals surface area contributed by atoms with E-state index in [9.17, 15) is 8.42 Å². The van der Waals surface area contributed by atoms with Crippen molar-refractivity contribution in [1.82, 2.24) is 0 Å². The third kappa shape index (κ3) is 3.11. The van der Waals surface area contributed by atoms with Crippen molar-refractivity contribution >= 4 is 50.2 Å². The molecule has 1 aliphatic rings. The molecule has 2 N–H and O–H groups in total. The summed E-state index contributed by atoms with van der Waals surface area (Å²) in [6.07, 6.45) is 0. The summed E-state index contributed by atoms with van der Waals surface area (Å²) in [5, 5.41) is 0.431. The zero-order valence-corrected chi connectivity index (χ0v) is 15.0. The summed E-state index contributed by atoms with van der Waals surface area (Å²) in [7, 11) is -3.54. The molecule has 0 aliphatic heterocycles. The van der Waals surface area contributed by atoms with E-state index in [4.69, 9.17) is 41.2 Å². The Hall–Kier alpha value is -1.14. The molecule has 0 heterocycles. The number of halogens is 2. The molecule has 7 heteroatoms. The van der Waals surface area contributed by atoms with Crippen LogP contribution in [0.15, 0.2) is 53.4 Å². The van der Waals surface area contributed by atoms with E-state index >= 15 is 0 Å². The highest BCUT2D eigenvalue weighted by Gasteiger charge is 2.60. The van der Waals surface area contributed by atoms with E-state index in [0.717, 1.165) is 5.56 Å². The Bertz CT molecular complexity index is 849. The average Bonchev–Trinajstić information content (AvgIpc) is 3.25. The van der Waals surface area contributed by atoms with Gasteiger partial charge in [0.1, 0.15) is 0 Å². The molecule has 0 spiro atoms. The van der Waals surface area contributed by atoms with Crippen molar-refractivity contribution in [3.8, 4) is 0 Å². The summed E-state index contributed by atoms with van der Waals surface area (Å²) in [6, 6.07) is 13.2. The zero-order chi connectivity index (χ0) is 16.8. The van der Waals surface area contributed by atoms with Crippen molar-refractivity contribution in [2.75, 3.05) is 0 Å².